The van der Waals surface area contributed by atoms with E-state index >= 15 is 0 Å². The third-order valence-electron chi connectivity index (χ3n) is 3.73. The standard InChI is InChI=1S/C15H21NO2/c1-2-12-10-15(18)16(11-12)9-8-14(17)13-6-4-3-5-7-13/h3-7,12,14,17H,2,8-11H2,1H3. The van der Waals surface area contributed by atoms with Crippen LogP contribution in [0.3, 0.4) is 0 Å². The molecule has 0 radical (unpaired) electrons. The first-order valence-corrected chi connectivity index (χ1v) is 6.71. The van der Waals surface area contributed by atoms with Gasteiger partial charge < -0.3 is 10.0 Å². The fourth-order valence-corrected chi connectivity index (χ4v) is 2.46. The van der Waals surface area contributed by atoms with Gasteiger partial charge in [-0.05, 0) is 17.9 Å². The van der Waals surface area contributed by atoms with Crippen LogP contribution in [0.5, 0.6) is 0 Å². The van der Waals surface area contributed by atoms with Crippen molar-refractivity contribution in [3.05, 3.63) is 35.9 Å². The molecule has 1 N–H and O–H groups in total. The first-order chi connectivity index (χ1) is 8.70. The van der Waals surface area contributed by atoms with E-state index < -0.39 is 6.10 Å². The molecule has 98 valence electrons. The molecule has 1 saturated heterocycles. The Morgan fingerprint density at radius 1 is 1.39 bits per heavy atom. The maximum absolute atomic E-state index is 11.7. The highest BCUT2D eigenvalue weighted by Crippen LogP contribution is 2.23. The second-order valence-electron chi connectivity index (χ2n) is 5.03. The second kappa shape index (κ2) is 6.01. The van der Waals surface area contributed by atoms with Gasteiger partial charge in [-0.3, -0.25) is 4.79 Å². The predicted octanol–water partition coefficient (Wildman–Crippen LogP) is 2.37. The first kappa shape index (κ1) is 13.1. The zero-order valence-corrected chi connectivity index (χ0v) is 10.9. The van der Waals surface area contributed by atoms with Gasteiger partial charge >= 0.3 is 0 Å². The van der Waals surface area contributed by atoms with Gasteiger partial charge in [0.1, 0.15) is 0 Å². The Hall–Kier alpha value is -1.35. The third-order valence-corrected chi connectivity index (χ3v) is 3.73. The molecule has 0 aromatic heterocycles. The highest BCUT2D eigenvalue weighted by atomic mass is 16.3. The monoisotopic (exact) mass is 247 g/mol. The van der Waals surface area contributed by atoms with Gasteiger partial charge in [0.2, 0.25) is 5.91 Å². The molecule has 1 heterocycles. The van der Waals surface area contributed by atoms with E-state index in [1.165, 1.54) is 0 Å². The number of amides is 1. The Bertz CT molecular complexity index is 391. The summed E-state index contributed by atoms with van der Waals surface area (Å²) in [5, 5.41) is 10.1. The molecule has 2 atom stereocenters. The minimum Gasteiger partial charge on any atom is -0.388 e. The minimum absolute atomic E-state index is 0.238. The van der Waals surface area contributed by atoms with Crippen LogP contribution in [0, 0.1) is 5.92 Å². The zero-order chi connectivity index (χ0) is 13.0. The number of likely N-dealkylation sites (tertiary alicyclic amines) is 1. The molecule has 1 fully saturated rings. The molecule has 1 aromatic carbocycles. The van der Waals surface area contributed by atoms with Crippen LogP contribution in [0.15, 0.2) is 30.3 Å². The molecule has 1 aliphatic heterocycles. The summed E-state index contributed by atoms with van der Waals surface area (Å²) in [4.78, 5) is 13.6. The van der Waals surface area contributed by atoms with Crippen molar-refractivity contribution in [1.29, 1.82) is 0 Å². The van der Waals surface area contributed by atoms with Crippen molar-refractivity contribution in [3.63, 3.8) is 0 Å². The molecular weight excluding hydrogens is 226 g/mol. The lowest BCUT2D eigenvalue weighted by molar-refractivity contribution is -0.128. The number of hydrogen-bond donors (Lipinski definition) is 1. The summed E-state index contributed by atoms with van der Waals surface area (Å²) >= 11 is 0. The summed E-state index contributed by atoms with van der Waals surface area (Å²) in [5.41, 5.74) is 0.927. The Balaban J connectivity index is 1.83. The molecule has 1 aromatic rings. The number of benzene rings is 1. The van der Waals surface area contributed by atoms with Gasteiger partial charge in [-0.2, -0.15) is 0 Å². The summed E-state index contributed by atoms with van der Waals surface area (Å²) < 4.78 is 0. The van der Waals surface area contributed by atoms with Gasteiger partial charge in [-0.25, -0.2) is 0 Å². The molecule has 0 spiro atoms. The van der Waals surface area contributed by atoms with Crippen molar-refractivity contribution >= 4 is 5.91 Å². The molecule has 3 heteroatoms. The lowest BCUT2D eigenvalue weighted by atomic mass is 10.1. The number of hydrogen-bond acceptors (Lipinski definition) is 2. The number of aliphatic hydroxyl groups is 1. The molecule has 0 saturated carbocycles. The van der Waals surface area contributed by atoms with E-state index in [0.717, 1.165) is 18.5 Å². The average Bonchev–Trinajstić information content (AvgIpc) is 2.77. The molecule has 0 bridgehead atoms. The van der Waals surface area contributed by atoms with Crippen molar-refractivity contribution in [2.24, 2.45) is 5.92 Å². The Morgan fingerprint density at radius 2 is 2.11 bits per heavy atom. The Kier molecular flexibility index (Phi) is 4.37. The molecule has 2 rings (SSSR count). The van der Waals surface area contributed by atoms with Crippen LogP contribution in [-0.2, 0) is 4.79 Å². The topological polar surface area (TPSA) is 40.5 Å². The molecule has 0 aliphatic carbocycles. The third kappa shape index (κ3) is 3.10. The molecule has 1 aliphatic rings. The fourth-order valence-electron chi connectivity index (χ4n) is 2.46. The maximum atomic E-state index is 11.7. The predicted molar refractivity (Wildman–Crippen MR) is 71.0 cm³/mol. The highest BCUT2D eigenvalue weighted by Gasteiger charge is 2.28. The van der Waals surface area contributed by atoms with E-state index in [4.69, 9.17) is 0 Å². The molecule has 2 unspecified atom stereocenters. The van der Waals surface area contributed by atoms with Gasteiger partial charge in [0.05, 0.1) is 6.10 Å². The van der Waals surface area contributed by atoms with Gasteiger partial charge in [0, 0.05) is 19.5 Å². The van der Waals surface area contributed by atoms with Crippen LogP contribution in [0.25, 0.3) is 0 Å². The number of rotatable bonds is 5. The van der Waals surface area contributed by atoms with Gasteiger partial charge in [0.15, 0.2) is 0 Å². The lowest BCUT2D eigenvalue weighted by Gasteiger charge is -2.19. The van der Waals surface area contributed by atoms with E-state index in [9.17, 15) is 9.90 Å². The molecule has 1 amide bonds. The normalized spacial score (nSPS) is 21.3. The van der Waals surface area contributed by atoms with Crippen molar-refractivity contribution < 1.29 is 9.90 Å². The van der Waals surface area contributed by atoms with Crippen LogP contribution in [0.1, 0.15) is 37.9 Å². The first-order valence-electron chi connectivity index (χ1n) is 6.71. The van der Waals surface area contributed by atoms with E-state index in [2.05, 4.69) is 6.92 Å². The van der Waals surface area contributed by atoms with Crippen LogP contribution < -0.4 is 0 Å². The Morgan fingerprint density at radius 3 is 2.72 bits per heavy atom. The maximum Gasteiger partial charge on any atom is 0.222 e. The van der Waals surface area contributed by atoms with Gasteiger partial charge in [0.25, 0.3) is 0 Å². The number of carbonyl (C=O) groups is 1. The van der Waals surface area contributed by atoms with Crippen molar-refractivity contribution in [3.8, 4) is 0 Å². The lowest BCUT2D eigenvalue weighted by Crippen LogP contribution is -2.27. The smallest absolute Gasteiger partial charge is 0.222 e. The van der Waals surface area contributed by atoms with E-state index in [-0.39, 0.29) is 5.91 Å². The van der Waals surface area contributed by atoms with Crippen molar-refractivity contribution in [1.82, 2.24) is 4.90 Å². The van der Waals surface area contributed by atoms with Gasteiger partial charge in [-0.1, -0.05) is 43.7 Å². The zero-order valence-electron chi connectivity index (χ0n) is 10.9. The summed E-state index contributed by atoms with van der Waals surface area (Å²) in [6.45, 7) is 3.64. The quantitative estimate of drug-likeness (QED) is 0.867. The number of nitrogens with zero attached hydrogens (tertiary/aromatic N) is 1. The highest BCUT2D eigenvalue weighted by molar-refractivity contribution is 5.78. The molecule has 18 heavy (non-hydrogen) atoms. The minimum atomic E-state index is -0.473. The second-order valence-corrected chi connectivity index (χ2v) is 5.03. The van der Waals surface area contributed by atoms with Crippen LogP contribution in [0.4, 0.5) is 0 Å². The SMILES string of the molecule is CCC1CC(=O)N(CCC(O)c2ccccc2)C1. The van der Waals surface area contributed by atoms with E-state index in [1.807, 2.05) is 35.2 Å². The largest absolute Gasteiger partial charge is 0.388 e. The molecular formula is C15H21NO2. The average molecular weight is 247 g/mol. The summed E-state index contributed by atoms with van der Waals surface area (Å²) in [5.74, 6) is 0.744. The summed E-state index contributed by atoms with van der Waals surface area (Å²) in [7, 11) is 0. The number of aliphatic hydroxyl groups excluding tert-OH is 1. The van der Waals surface area contributed by atoms with Crippen LogP contribution >= 0.6 is 0 Å². The summed E-state index contributed by atoms with van der Waals surface area (Å²) in [6.07, 6.45) is 1.88. The Labute approximate surface area is 108 Å². The van der Waals surface area contributed by atoms with Crippen LogP contribution in [-0.4, -0.2) is 29.0 Å². The van der Waals surface area contributed by atoms with Crippen LogP contribution in [0.2, 0.25) is 0 Å². The van der Waals surface area contributed by atoms with E-state index in [1.54, 1.807) is 0 Å². The van der Waals surface area contributed by atoms with Crippen molar-refractivity contribution in [2.45, 2.75) is 32.3 Å². The fraction of sp³-hybridized carbons (Fsp3) is 0.533. The van der Waals surface area contributed by atoms with Gasteiger partial charge in [-0.15, -0.1) is 0 Å². The van der Waals surface area contributed by atoms with E-state index in [0.29, 0.717) is 25.3 Å². The molecule has 3 nitrogen and oxygen atoms in total. The van der Waals surface area contributed by atoms with Crippen molar-refractivity contribution in [2.75, 3.05) is 13.1 Å². The summed E-state index contributed by atoms with van der Waals surface area (Å²) in [6, 6.07) is 9.63. The number of carbonyl (C=O) groups excluding carboxylic acids is 1.